The third-order valence-corrected chi connectivity index (χ3v) is 5.47. The molecular formula is C23H36N2O7. The number of fused-ring (bicyclic) bond motifs is 1. The molecule has 0 unspecified atom stereocenters. The van der Waals surface area contributed by atoms with Crippen LogP contribution in [0.25, 0.3) is 0 Å². The average molecular weight is 453 g/mol. The summed E-state index contributed by atoms with van der Waals surface area (Å²) in [6.07, 6.45) is 5.62. The zero-order valence-electron chi connectivity index (χ0n) is 19.3. The number of nitrogens with zero attached hydrogens (tertiary/aromatic N) is 1. The number of allylic oxidation sites excluding steroid dienone is 2. The first-order valence-corrected chi connectivity index (χ1v) is 11.3. The Balaban J connectivity index is 2.14. The van der Waals surface area contributed by atoms with E-state index in [2.05, 4.69) is 5.32 Å². The summed E-state index contributed by atoms with van der Waals surface area (Å²) in [5, 5.41) is 11.5. The van der Waals surface area contributed by atoms with Crippen molar-refractivity contribution >= 4 is 23.8 Å². The normalized spacial score (nSPS) is 25.8. The van der Waals surface area contributed by atoms with Crippen LogP contribution in [0.3, 0.4) is 0 Å². The number of esters is 2. The molecule has 9 nitrogen and oxygen atoms in total. The number of aliphatic hydroxyl groups excluding tert-OH is 1. The van der Waals surface area contributed by atoms with Crippen LogP contribution in [-0.2, 0) is 28.7 Å². The van der Waals surface area contributed by atoms with Gasteiger partial charge in [0.1, 0.15) is 12.2 Å². The highest BCUT2D eigenvalue weighted by Crippen LogP contribution is 2.25. The molecule has 2 heterocycles. The first-order valence-electron chi connectivity index (χ1n) is 11.3. The molecule has 0 bridgehead atoms. The van der Waals surface area contributed by atoms with Gasteiger partial charge in [0.05, 0.1) is 30.9 Å². The van der Waals surface area contributed by atoms with E-state index in [4.69, 9.17) is 14.6 Å². The van der Waals surface area contributed by atoms with Crippen molar-refractivity contribution in [1.82, 2.24) is 10.2 Å². The van der Waals surface area contributed by atoms with Gasteiger partial charge in [-0.25, -0.2) is 0 Å². The number of carbonyl (C=O) groups excluding carboxylic acids is 4. The molecule has 3 atom stereocenters. The first kappa shape index (κ1) is 25.8. The summed E-state index contributed by atoms with van der Waals surface area (Å²) in [6.45, 7) is 5.92. The minimum atomic E-state index is -0.669. The maximum atomic E-state index is 13.1. The molecule has 1 saturated heterocycles. The molecule has 2 aliphatic heterocycles. The fraction of sp³-hybridized carbons (Fsp3) is 0.739. The van der Waals surface area contributed by atoms with Crippen molar-refractivity contribution in [2.45, 2.75) is 70.9 Å². The van der Waals surface area contributed by atoms with Crippen molar-refractivity contribution in [3.05, 3.63) is 12.2 Å². The lowest BCUT2D eigenvalue weighted by Crippen LogP contribution is -2.44. The number of nitrogens with one attached hydrogen (secondary N) is 1. The summed E-state index contributed by atoms with van der Waals surface area (Å²) >= 11 is 0. The van der Waals surface area contributed by atoms with Crippen LogP contribution >= 0.6 is 0 Å². The standard InChI is InChI=1S/C23H36N2O7/c1-23(2,3)32-20(28)14-17-8-5-4-7-16(13-19(27)24-10-12-26)21(29)25-11-6-9-18(25)15-31-22(17)30/h4-5,16-18,26H,6-15H2,1-3H3,(H,24,27)/b5-4-/t16-,17-,18-/m1/s1. The molecule has 0 saturated carbocycles. The van der Waals surface area contributed by atoms with Crippen LogP contribution in [0.15, 0.2) is 12.2 Å². The van der Waals surface area contributed by atoms with Gasteiger partial charge in [0.25, 0.3) is 0 Å². The third-order valence-electron chi connectivity index (χ3n) is 5.47. The molecule has 2 rings (SSSR count). The minimum Gasteiger partial charge on any atom is -0.463 e. The quantitative estimate of drug-likeness (QED) is 0.460. The van der Waals surface area contributed by atoms with Gasteiger partial charge < -0.3 is 24.8 Å². The Morgan fingerprint density at radius 1 is 1.19 bits per heavy atom. The fourth-order valence-corrected chi connectivity index (χ4v) is 3.96. The Morgan fingerprint density at radius 3 is 2.53 bits per heavy atom. The van der Waals surface area contributed by atoms with E-state index in [0.29, 0.717) is 13.0 Å². The van der Waals surface area contributed by atoms with Crippen molar-refractivity contribution in [2.75, 3.05) is 26.3 Å². The molecule has 0 aromatic heterocycles. The van der Waals surface area contributed by atoms with Gasteiger partial charge >= 0.3 is 11.9 Å². The Kier molecular flexibility index (Phi) is 9.68. The smallest absolute Gasteiger partial charge is 0.309 e. The molecule has 2 amide bonds. The molecule has 1 fully saturated rings. The monoisotopic (exact) mass is 452 g/mol. The van der Waals surface area contributed by atoms with Crippen molar-refractivity contribution in [3.8, 4) is 0 Å². The number of carbonyl (C=O) groups is 4. The third kappa shape index (κ3) is 8.26. The molecule has 0 aromatic rings. The summed E-state index contributed by atoms with van der Waals surface area (Å²) < 4.78 is 10.9. The zero-order chi connectivity index (χ0) is 23.7. The van der Waals surface area contributed by atoms with Crippen LogP contribution in [-0.4, -0.2) is 71.7 Å². The van der Waals surface area contributed by atoms with Crippen LogP contribution < -0.4 is 5.32 Å². The van der Waals surface area contributed by atoms with Gasteiger partial charge in [-0.3, -0.25) is 19.2 Å². The molecule has 9 heteroatoms. The number of hydrogen-bond donors (Lipinski definition) is 2. The predicted molar refractivity (Wildman–Crippen MR) is 116 cm³/mol. The van der Waals surface area contributed by atoms with E-state index < -0.39 is 29.4 Å². The Labute approximate surface area is 189 Å². The lowest BCUT2D eigenvalue weighted by Gasteiger charge is -2.29. The fourth-order valence-electron chi connectivity index (χ4n) is 3.96. The second-order valence-corrected chi connectivity index (χ2v) is 9.36. The SMILES string of the molecule is CC(C)(C)OC(=O)C[C@H]1C/C=C\C[C@H](CC(=O)NCCO)C(=O)N2CCC[C@@H]2COC1=O. The van der Waals surface area contributed by atoms with Gasteiger partial charge in [0.2, 0.25) is 11.8 Å². The van der Waals surface area contributed by atoms with Crippen molar-refractivity contribution in [2.24, 2.45) is 11.8 Å². The zero-order valence-corrected chi connectivity index (χ0v) is 19.3. The topological polar surface area (TPSA) is 122 Å². The van der Waals surface area contributed by atoms with Gasteiger partial charge in [-0.1, -0.05) is 12.2 Å². The van der Waals surface area contributed by atoms with E-state index >= 15 is 0 Å². The summed E-state index contributed by atoms with van der Waals surface area (Å²) in [5.74, 6) is -2.56. The number of ether oxygens (including phenoxy) is 2. The molecule has 180 valence electrons. The van der Waals surface area contributed by atoms with Gasteiger partial charge in [-0.05, 0) is 46.5 Å². The molecule has 2 aliphatic rings. The molecule has 0 radical (unpaired) electrons. The van der Waals surface area contributed by atoms with E-state index in [1.165, 1.54) is 0 Å². The lowest BCUT2D eigenvalue weighted by molar-refractivity contribution is -0.162. The van der Waals surface area contributed by atoms with Gasteiger partial charge in [0, 0.05) is 19.5 Å². The highest BCUT2D eigenvalue weighted by atomic mass is 16.6. The van der Waals surface area contributed by atoms with Crippen LogP contribution in [0.2, 0.25) is 0 Å². The molecule has 0 spiro atoms. The molecule has 2 N–H and O–H groups in total. The highest BCUT2D eigenvalue weighted by molar-refractivity contribution is 5.86. The van der Waals surface area contributed by atoms with Gasteiger partial charge in [-0.15, -0.1) is 0 Å². The maximum Gasteiger partial charge on any atom is 0.309 e. The lowest BCUT2D eigenvalue weighted by atomic mass is 9.96. The number of cyclic esters (lactones) is 1. The van der Waals surface area contributed by atoms with E-state index in [-0.39, 0.29) is 56.9 Å². The van der Waals surface area contributed by atoms with Crippen molar-refractivity contribution in [1.29, 1.82) is 0 Å². The second-order valence-electron chi connectivity index (χ2n) is 9.36. The average Bonchev–Trinajstić information content (AvgIpc) is 3.17. The first-order chi connectivity index (χ1) is 15.1. The summed E-state index contributed by atoms with van der Waals surface area (Å²) in [6, 6.07) is -0.236. The van der Waals surface area contributed by atoms with Gasteiger partial charge in [0.15, 0.2) is 0 Å². The Morgan fingerprint density at radius 2 is 1.88 bits per heavy atom. The highest BCUT2D eigenvalue weighted by Gasteiger charge is 2.35. The molecular weight excluding hydrogens is 416 g/mol. The largest absolute Gasteiger partial charge is 0.463 e. The number of aliphatic hydroxyl groups is 1. The number of rotatable bonds is 6. The number of amides is 2. The second kappa shape index (κ2) is 12.0. The van der Waals surface area contributed by atoms with Crippen molar-refractivity contribution < 1.29 is 33.8 Å². The van der Waals surface area contributed by atoms with E-state index in [9.17, 15) is 19.2 Å². The minimum absolute atomic E-state index is 0.0213. The van der Waals surface area contributed by atoms with Crippen LogP contribution in [0.1, 0.15) is 59.3 Å². The molecule has 0 aliphatic carbocycles. The van der Waals surface area contributed by atoms with Crippen LogP contribution in [0.4, 0.5) is 0 Å². The van der Waals surface area contributed by atoms with Crippen LogP contribution in [0.5, 0.6) is 0 Å². The maximum absolute atomic E-state index is 13.1. The van der Waals surface area contributed by atoms with E-state index in [0.717, 1.165) is 12.8 Å². The summed E-state index contributed by atoms with van der Waals surface area (Å²) in [4.78, 5) is 52.0. The van der Waals surface area contributed by atoms with Crippen LogP contribution in [0, 0.1) is 11.8 Å². The predicted octanol–water partition coefficient (Wildman–Crippen LogP) is 1.33. The molecule has 32 heavy (non-hydrogen) atoms. The number of hydrogen-bond acceptors (Lipinski definition) is 7. The van der Waals surface area contributed by atoms with E-state index in [1.54, 1.807) is 37.8 Å². The Hall–Kier alpha value is -2.42. The van der Waals surface area contributed by atoms with E-state index in [1.807, 2.05) is 0 Å². The van der Waals surface area contributed by atoms with Gasteiger partial charge in [-0.2, -0.15) is 0 Å². The summed E-state index contributed by atoms with van der Waals surface area (Å²) in [5.41, 5.74) is -0.642. The Bertz CT molecular complexity index is 714. The molecule has 0 aromatic carbocycles. The van der Waals surface area contributed by atoms with Crippen molar-refractivity contribution in [3.63, 3.8) is 0 Å². The summed E-state index contributed by atoms with van der Waals surface area (Å²) in [7, 11) is 0.